The highest BCUT2D eigenvalue weighted by atomic mass is 19.1. The summed E-state index contributed by atoms with van der Waals surface area (Å²) in [6, 6.07) is 14.6. The van der Waals surface area contributed by atoms with Crippen molar-refractivity contribution >= 4 is 0 Å². The molecule has 2 heteroatoms. The van der Waals surface area contributed by atoms with Gasteiger partial charge in [0.05, 0.1) is 0 Å². The molecule has 0 N–H and O–H groups in total. The maximum atomic E-state index is 12.3. The molecule has 0 unspecified atom stereocenters. The van der Waals surface area contributed by atoms with Crippen LogP contribution in [-0.4, -0.2) is 0 Å². The molecule has 2 aromatic carbocycles. The zero-order valence-electron chi connectivity index (χ0n) is 8.45. The lowest BCUT2D eigenvalue weighted by atomic mass is 10.2. The van der Waals surface area contributed by atoms with E-state index >= 15 is 0 Å². The zero-order valence-corrected chi connectivity index (χ0v) is 8.45. The van der Waals surface area contributed by atoms with Gasteiger partial charge in [-0.3, -0.25) is 0 Å². The zero-order chi connectivity index (χ0) is 11.1. The summed E-state index contributed by atoms with van der Waals surface area (Å²) in [5.41, 5.74) is 0.701. The first kappa shape index (κ1) is 11.4. The first-order valence-corrected chi connectivity index (χ1v) is 4.62. The first-order valence-electron chi connectivity index (χ1n) is 4.62. The van der Waals surface area contributed by atoms with Crippen LogP contribution in [-0.2, 0) is 0 Å². The van der Waals surface area contributed by atoms with E-state index in [2.05, 4.69) is 0 Å². The molecular formula is C13H12F2. The largest absolute Gasteiger partial charge is 0.207 e. The van der Waals surface area contributed by atoms with Gasteiger partial charge in [-0.1, -0.05) is 36.4 Å². The standard InChI is InChI=1S/C7H7F.C6H5F/c1-6-4-2-3-5-7(6)8;7-6-4-2-1-3-5-6/h2-5H,1H3;1-5H. The quantitative estimate of drug-likeness (QED) is 0.612. The van der Waals surface area contributed by atoms with Gasteiger partial charge in [0, 0.05) is 0 Å². The topological polar surface area (TPSA) is 0 Å². The first-order chi connectivity index (χ1) is 7.20. The third-order valence-corrected chi connectivity index (χ3v) is 1.81. The Morgan fingerprint density at radius 2 is 1.27 bits per heavy atom. The lowest BCUT2D eigenvalue weighted by Gasteiger charge is -1.89. The third-order valence-electron chi connectivity index (χ3n) is 1.81. The van der Waals surface area contributed by atoms with Crippen molar-refractivity contribution in [3.05, 3.63) is 71.8 Å². The highest BCUT2D eigenvalue weighted by molar-refractivity contribution is 5.14. The highest BCUT2D eigenvalue weighted by Crippen LogP contribution is 2.02. The van der Waals surface area contributed by atoms with Crippen molar-refractivity contribution < 1.29 is 8.78 Å². The number of halogens is 2. The van der Waals surface area contributed by atoms with Crippen LogP contribution in [0.4, 0.5) is 8.78 Å². The van der Waals surface area contributed by atoms with Gasteiger partial charge in [-0.05, 0) is 30.7 Å². The van der Waals surface area contributed by atoms with E-state index in [0.29, 0.717) is 5.56 Å². The molecule has 0 atom stereocenters. The number of rotatable bonds is 0. The van der Waals surface area contributed by atoms with Crippen molar-refractivity contribution in [3.8, 4) is 0 Å². The Balaban J connectivity index is 0.000000151. The van der Waals surface area contributed by atoms with Gasteiger partial charge in [-0.2, -0.15) is 0 Å². The van der Waals surface area contributed by atoms with Crippen LogP contribution in [0.2, 0.25) is 0 Å². The number of hydrogen-bond donors (Lipinski definition) is 0. The van der Waals surface area contributed by atoms with Crippen LogP contribution in [0.1, 0.15) is 5.56 Å². The average Bonchev–Trinajstić information content (AvgIpc) is 2.25. The van der Waals surface area contributed by atoms with Crippen molar-refractivity contribution in [2.24, 2.45) is 0 Å². The van der Waals surface area contributed by atoms with Gasteiger partial charge in [0.15, 0.2) is 0 Å². The van der Waals surface area contributed by atoms with E-state index in [1.165, 1.54) is 18.2 Å². The summed E-state index contributed by atoms with van der Waals surface area (Å²) in [6.07, 6.45) is 0. The van der Waals surface area contributed by atoms with Crippen LogP contribution in [0.25, 0.3) is 0 Å². The van der Waals surface area contributed by atoms with Gasteiger partial charge in [0.2, 0.25) is 0 Å². The van der Waals surface area contributed by atoms with Crippen LogP contribution in [0.15, 0.2) is 54.6 Å². The summed E-state index contributed by atoms with van der Waals surface area (Å²) < 4.78 is 24.2. The molecule has 0 aliphatic heterocycles. The summed E-state index contributed by atoms with van der Waals surface area (Å²) in [5.74, 6) is -0.310. The maximum absolute atomic E-state index is 12.3. The molecule has 0 heterocycles. The van der Waals surface area contributed by atoms with Crippen LogP contribution in [0.5, 0.6) is 0 Å². The molecule has 0 aliphatic carbocycles. The molecule has 2 rings (SSSR count). The van der Waals surface area contributed by atoms with Crippen molar-refractivity contribution in [2.75, 3.05) is 0 Å². The van der Waals surface area contributed by atoms with Crippen molar-refractivity contribution in [1.82, 2.24) is 0 Å². The number of benzene rings is 2. The molecule has 0 aliphatic rings. The molecule has 2 aromatic rings. The average molecular weight is 206 g/mol. The molecule has 0 fully saturated rings. The van der Waals surface area contributed by atoms with Crippen LogP contribution in [0.3, 0.4) is 0 Å². The van der Waals surface area contributed by atoms with Crippen LogP contribution in [0, 0.1) is 18.6 Å². The van der Waals surface area contributed by atoms with Crippen molar-refractivity contribution in [2.45, 2.75) is 6.92 Å². The van der Waals surface area contributed by atoms with Crippen LogP contribution < -0.4 is 0 Å². The van der Waals surface area contributed by atoms with Gasteiger partial charge in [-0.15, -0.1) is 0 Å². The molecule has 0 amide bonds. The van der Waals surface area contributed by atoms with Gasteiger partial charge < -0.3 is 0 Å². The van der Waals surface area contributed by atoms with Gasteiger partial charge in [0.25, 0.3) is 0 Å². The molecule has 0 spiro atoms. The summed E-state index contributed by atoms with van der Waals surface area (Å²) in [4.78, 5) is 0. The maximum Gasteiger partial charge on any atom is 0.126 e. The van der Waals surface area contributed by atoms with Gasteiger partial charge in [0.1, 0.15) is 11.6 Å². The van der Waals surface area contributed by atoms with E-state index in [1.54, 1.807) is 37.3 Å². The van der Waals surface area contributed by atoms with E-state index in [9.17, 15) is 8.78 Å². The second-order valence-corrected chi connectivity index (χ2v) is 3.04. The summed E-state index contributed by atoms with van der Waals surface area (Å²) >= 11 is 0. The minimum atomic E-state index is -0.178. The van der Waals surface area contributed by atoms with E-state index in [-0.39, 0.29) is 11.6 Å². The fourth-order valence-corrected chi connectivity index (χ4v) is 0.966. The van der Waals surface area contributed by atoms with Gasteiger partial charge in [-0.25, -0.2) is 8.78 Å². The summed E-state index contributed by atoms with van der Waals surface area (Å²) in [6.45, 7) is 1.75. The second-order valence-electron chi connectivity index (χ2n) is 3.04. The van der Waals surface area contributed by atoms with E-state index in [0.717, 1.165) is 0 Å². The normalized spacial score (nSPS) is 9.00. The Kier molecular flexibility index (Phi) is 4.48. The Hall–Kier alpha value is -1.70. The molecule has 0 radical (unpaired) electrons. The molecule has 0 bridgehead atoms. The predicted molar refractivity (Wildman–Crippen MR) is 57.5 cm³/mol. The third kappa shape index (κ3) is 4.36. The molecule has 0 aromatic heterocycles. The second kappa shape index (κ2) is 5.91. The molecule has 78 valence electrons. The summed E-state index contributed by atoms with van der Waals surface area (Å²) in [5, 5.41) is 0. The Bertz CT molecular complexity index is 375. The molecule has 0 saturated carbocycles. The smallest absolute Gasteiger partial charge is 0.126 e. The lowest BCUT2D eigenvalue weighted by molar-refractivity contribution is 0.618. The minimum absolute atomic E-state index is 0.132. The minimum Gasteiger partial charge on any atom is -0.207 e. The fraction of sp³-hybridized carbons (Fsp3) is 0.0769. The predicted octanol–water partition coefficient (Wildman–Crippen LogP) is 3.96. The lowest BCUT2D eigenvalue weighted by Crippen LogP contribution is -1.76. The number of aryl methyl sites for hydroxylation is 1. The van der Waals surface area contributed by atoms with Gasteiger partial charge >= 0.3 is 0 Å². The molecule has 0 saturated heterocycles. The Labute approximate surface area is 88.2 Å². The highest BCUT2D eigenvalue weighted by Gasteiger charge is 1.88. The molecule has 0 nitrogen and oxygen atoms in total. The van der Waals surface area contributed by atoms with E-state index < -0.39 is 0 Å². The number of hydrogen-bond acceptors (Lipinski definition) is 0. The monoisotopic (exact) mass is 206 g/mol. The van der Waals surface area contributed by atoms with Crippen molar-refractivity contribution in [3.63, 3.8) is 0 Å². The van der Waals surface area contributed by atoms with Crippen molar-refractivity contribution in [1.29, 1.82) is 0 Å². The van der Waals surface area contributed by atoms with E-state index in [4.69, 9.17) is 0 Å². The Morgan fingerprint density at radius 3 is 1.60 bits per heavy atom. The Morgan fingerprint density at radius 1 is 0.733 bits per heavy atom. The van der Waals surface area contributed by atoms with Crippen LogP contribution >= 0.6 is 0 Å². The SMILES string of the molecule is Cc1ccccc1F.Fc1ccccc1. The van der Waals surface area contributed by atoms with E-state index in [1.807, 2.05) is 6.07 Å². The fourth-order valence-electron chi connectivity index (χ4n) is 0.966. The molecule has 15 heavy (non-hydrogen) atoms. The summed E-state index contributed by atoms with van der Waals surface area (Å²) in [7, 11) is 0. The molecular weight excluding hydrogens is 194 g/mol.